The summed E-state index contributed by atoms with van der Waals surface area (Å²) in [5, 5.41) is 9.61. The number of thioether (sulfide) groups is 1. The van der Waals surface area contributed by atoms with Crippen LogP contribution in [0.15, 0.2) is 29.2 Å². The largest absolute Gasteiger partial charge is 0.481 e. The number of nitrogens with zero attached hydrogens (tertiary/aromatic N) is 2. The summed E-state index contributed by atoms with van der Waals surface area (Å²) < 4.78 is 0.335. The number of benzene rings is 1. The predicted molar refractivity (Wildman–Crippen MR) is 108 cm³/mol. The third-order valence-corrected chi connectivity index (χ3v) is 6.12. The Labute approximate surface area is 171 Å². The Bertz CT molecular complexity index is 834. The van der Waals surface area contributed by atoms with Crippen LogP contribution >= 0.6 is 35.6 Å². The van der Waals surface area contributed by atoms with Gasteiger partial charge in [-0.3, -0.25) is 19.3 Å². The van der Waals surface area contributed by atoms with Crippen molar-refractivity contribution in [3.63, 3.8) is 0 Å². The van der Waals surface area contributed by atoms with E-state index in [1.54, 1.807) is 29.2 Å². The molecule has 0 radical (unpaired) electrons. The van der Waals surface area contributed by atoms with Gasteiger partial charge in [0.1, 0.15) is 10.9 Å². The lowest BCUT2D eigenvalue weighted by atomic mass is 9.97. The fourth-order valence-corrected chi connectivity index (χ4v) is 4.45. The van der Waals surface area contributed by atoms with Crippen molar-refractivity contribution in [2.24, 2.45) is 5.92 Å². The molecule has 9 heteroatoms. The summed E-state index contributed by atoms with van der Waals surface area (Å²) in [4.78, 5) is 39.5. The van der Waals surface area contributed by atoms with E-state index >= 15 is 0 Å². The minimum absolute atomic E-state index is 0.130. The van der Waals surface area contributed by atoms with Crippen molar-refractivity contribution >= 4 is 63.8 Å². The van der Waals surface area contributed by atoms with E-state index in [0.717, 1.165) is 17.3 Å². The fraction of sp³-hybridized carbons (Fsp3) is 0.333. The predicted octanol–water partition coefficient (Wildman–Crippen LogP) is 2.86. The highest BCUT2D eigenvalue weighted by Crippen LogP contribution is 2.33. The number of carbonyl (C=O) groups excluding carboxylic acids is 2. The van der Waals surface area contributed by atoms with Gasteiger partial charge in [-0.25, -0.2) is 0 Å². The number of rotatable bonds is 4. The molecular weight excluding hydrogens is 408 g/mol. The molecule has 142 valence electrons. The van der Waals surface area contributed by atoms with E-state index in [0.29, 0.717) is 40.2 Å². The van der Waals surface area contributed by atoms with Crippen LogP contribution < -0.4 is 0 Å². The average molecular weight is 425 g/mol. The molecular formula is C18H17ClN2O4S2. The second kappa shape index (κ2) is 8.41. The Hall–Kier alpha value is -1.90. The monoisotopic (exact) mass is 424 g/mol. The van der Waals surface area contributed by atoms with Gasteiger partial charge in [-0.05, 0) is 36.6 Å². The number of carboxylic acid groups (broad SMARTS) is 1. The van der Waals surface area contributed by atoms with E-state index in [4.69, 9.17) is 28.9 Å². The number of halogens is 1. The Morgan fingerprint density at radius 3 is 2.67 bits per heavy atom. The van der Waals surface area contributed by atoms with Gasteiger partial charge in [-0.2, -0.15) is 0 Å². The molecule has 2 aliphatic rings. The molecule has 0 aliphatic carbocycles. The first-order valence-corrected chi connectivity index (χ1v) is 9.97. The molecule has 0 atom stereocenters. The molecule has 2 aliphatic heterocycles. The number of likely N-dealkylation sites (tertiary alicyclic amines) is 1. The SMILES string of the molecule is O=C(O)C1CCN(C(=O)CN2C(=O)C(=Cc3cccc(Cl)c3)SC2=S)CC1. The Balaban J connectivity index is 1.64. The van der Waals surface area contributed by atoms with Crippen molar-refractivity contribution in [3.8, 4) is 0 Å². The van der Waals surface area contributed by atoms with Crippen molar-refractivity contribution < 1.29 is 19.5 Å². The van der Waals surface area contributed by atoms with Crippen LogP contribution in [0, 0.1) is 5.92 Å². The number of amides is 2. The molecule has 6 nitrogen and oxygen atoms in total. The van der Waals surface area contributed by atoms with Crippen LogP contribution in [-0.2, 0) is 14.4 Å². The summed E-state index contributed by atoms with van der Waals surface area (Å²) in [5.41, 5.74) is 0.782. The third-order valence-electron chi connectivity index (χ3n) is 4.51. The molecule has 0 bridgehead atoms. The molecule has 0 saturated carbocycles. The number of hydrogen-bond acceptors (Lipinski definition) is 5. The first-order valence-electron chi connectivity index (χ1n) is 8.36. The molecule has 27 heavy (non-hydrogen) atoms. The molecule has 2 heterocycles. The van der Waals surface area contributed by atoms with Crippen LogP contribution in [0.4, 0.5) is 0 Å². The Kier molecular flexibility index (Phi) is 6.18. The van der Waals surface area contributed by atoms with Crippen LogP contribution in [0.2, 0.25) is 5.02 Å². The van der Waals surface area contributed by atoms with Crippen LogP contribution in [0.25, 0.3) is 6.08 Å². The summed E-state index contributed by atoms with van der Waals surface area (Å²) >= 11 is 12.4. The van der Waals surface area contributed by atoms with Gasteiger partial charge in [-0.15, -0.1) is 0 Å². The van der Waals surface area contributed by atoms with E-state index in [1.807, 2.05) is 6.07 Å². The van der Waals surface area contributed by atoms with E-state index < -0.39 is 11.9 Å². The van der Waals surface area contributed by atoms with Crippen LogP contribution in [0.1, 0.15) is 18.4 Å². The third kappa shape index (κ3) is 4.69. The summed E-state index contributed by atoms with van der Waals surface area (Å²) in [6.07, 6.45) is 2.55. The minimum Gasteiger partial charge on any atom is -0.481 e. The van der Waals surface area contributed by atoms with Crippen molar-refractivity contribution in [2.75, 3.05) is 19.6 Å². The highest BCUT2D eigenvalue weighted by atomic mass is 35.5. The van der Waals surface area contributed by atoms with Gasteiger partial charge in [0.05, 0.1) is 10.8 Å². The van der Waals surface area contributed by atoms with Gasteiger partial charge in [0.2, 0.25) is 5.91 Å². The zero-order valence-electron chi connectivity index (χ0n) is 14.3. The van der Waals surface area contributed by atoms with Crippen LogP contribution in [0.3, 0.4) is 0 Å². The van der Waals surface area contributed by atoms with E-state index in [9.17, 15) is 14.4 Å². The van der Waals surface area contributed by atoms with Gasteiger partial charge in [-0.1, -0.05) is 47.7 Å². The molecule has 2 amide bonds. The van der Waals surface area contributed by atoms with Crippen molar-refractivity contribution in [1.29, 1.82) is 0 Å². The molecule has 1 aromatic rings. The zero-order chi connectivity index (χ0) is 19.6. The van der Waals surface area contributed by atoms with Gasteiger partial charge < -0.3 is 10.0 Å². The number of aliphatic carboxylic acids is 1. The molecule has 3 rings (SSSR count). The number of carboxylic acids is 1. The van der Waals surface area contributed by atoms with E-state index in [-0.39, 0.29) is 18.4 Å². The van der Waals surface area contributed by atoms with Crippen molar-refractivity contribution in [2.45, 2.75) is 12.8 Å². The highest BCUT2D eigenvalue weighted by Gasteiger charge is 2.35. The van der Waals surface area contributed by atoms with Crippen LogP contribution in [0.5, 0.6) is 0 Å². The number of thiocarbonyl (C=S) groups is 1. The molecule has 2 fully saturated rings. The lowest BCUT2D eigenvalue weighted by Gasteiger charge is -2.31. The van der Waals surface area contributed by atoms with Gasteiger partial charge >= 0.3 is 5.97 Å². The normalized spacial score (nSPS) is 19.8. The molecule has 2 saturated heterocycles. The minimum atomic E-state index is -0.829. The summed E-state index contributed by atoms with van der Waals surface area (Å²) in [5.74, 6) is -1.77. The highest BCUT2D eigenvalue weighted by molar-refractivity contribution is 8.26. The Morgan fingerprint density at radius 1 is 1.33 bits per heavy atom. The second-order valence-electron chi connectivity index (χ2n) is 6.32. The van der Waals surface area contributed by atoms with E-state index in [1.165, 1.54) is 4.90 Å². The summed E-state index contributed by atoms with van der Waals surface area (Å²) in [6, 6.07) is 7.11. The number of piperidine rings is 1. The fourth-order valence-electron chi connectivity index (χ4n) is 3.00. The van der Waals surface area contributed by atoms with E-state index in [2.05, 4.69) is 0 Å². The summed E-state index contributed by atoms with van der Waals surface area (Å²) in [6.45, 7) is 0.626. The molecule has 1 aromatic carbocycles. The van der Waals surface area contributed by atoms with Gasteiger partial charge in [0.15, 0.2) is 0 Å². The van der Waals surface area contributed by atoms with Gasteiger partial charge in [0.25, 0.3) is 5.91 Å². The zero-order valence-corrected chi connectivity index (χ0v) is 16.6. The quantitative estimate of drug-likeness (QED) is 0.591. The number of hydrogen-bond donors (Lipinski definition) is 1. The summed E-state index contributed by atoms with van der Waals surface area (Å²) in [7, 11) is 0. The smallest absolute Gasteiger partial charge is 0.306 e. The van der Waals surface area contributed by atoms with Crippen molar-refractivity contribution in [3.05, 3.63) is 39.8 Å². The average Bonchev–Trinajstić information content (AvgIpc) is 2.89. The molecule has 0 aromatic heterocycles. The van der Waals surface area contributed by atoms with Gasteiger partial charge in [0, 0.05) is 18.1 Å². The standard InChI is InChI=1S/C18H17ClN2O4S2/c19-13-3-1-2-11(8-13)9-14-16(23)21(18(26)27-14)10-15(22)20-6-4-12(5-7-20)17(24)25/h1-3,8-9,12H,4-7,10H2,(H,24,25). The van der Waals surface area contributed by atoms with Crippen LogP contribution in [-0.4, -0.2) is 56.6 Å². The topological polar surface area (TPSA) is 77.9 Å². The lowest BCUT2D eigenvalue weighted by Crippen LogP contribution is -2.46. The maximum Gasteiger partial charge on any atom is 0.306 e. The lowest BCUT2D eigenvalue weighted by molar-refractivity contribution is -0.146. The molecule has 1 N–H and O–H groups in total. The number of carbonyl (C=O) groups is 3. The molecule has 0 unspecified atom stereocenters. The first-order chi connectivity index (χ1) is 12.8. The Morgan fingerprint density at radius 2 is 2.04 bits per heavy atom. The maximum absolute atomic E-state index is 12.6. The maximum atomic E-state index is 12.6. The molecule has 0 spiro atoms. The second-order valence-corrected chi connectivity index (χ2v) is 8.43. The van der Waals surface area contributed by atoms with Crippen molar-refractivity contribution in [1.82, 2.24) is 9.80 Å². The first kappa shape index (κ1) is 19.9.